The van der Waals surface area contributed by atoms with Crippen molar-refractivity contribution in [1.82, 2.24) is 0 Å². The minimum absolute atomic E-state index is 0.00798. The summed E-state index contributed by atoms with van der Waals surface area (Å²) in [5.74, 6) is 0.596. The van der Waals surface area contributed by atoms with Crippen molar-refractivity contribution in [3.8, 4) is 5.75 Å². The first-order valence-corrected chi connectivity index (χ1v) is 4.32. The minimum atomic E-state index is -0.00798. The number of aliphatic hydroxyl groups is 1. The number of halogens is 1. The predicted octanol–water partition coefficient (Wildman–Crippen LogP) is 1.40. The van der Waals surface area contributed by atoms with E-state index in [-0.39, 0.29) is 13.2 Å². The predicted molar refractivity (Wildman–Crippen MR) is 51.1 cm³/mol. The van der Waals surface area contributed by atoms with Crippen LogP contribution in [0.15, 0.2) is 22.7 Å². The molecule has 0 atom stereocenters. The molecule has 12 heavy (non-hydrogen) atoms. The van der Waals surface area contributed by atoms with Crippen LogP contribution in [-0.4, -0.2) is 18.3 Å². The highest BCUT2D eigenvalue weighted by atomic mass is 79.9. The number of hydrogen-bond donors (Lipinski definition) is 2. The second-order valence-electron chi connectivity index (χ2n) is 2.22. The van der Waals surface area contributed by atoms with E-state index in [1.54, 1.807) is 6.07 Å². The topological polar surface area (TPSA) is 55.5 Å². The number of aliphatic hydroxyl groups excluding tert-OH is 1. The van der Waals surface area contributed by atoms with Crippen molar-refractivity contribution in [3.63, 3.8) is 0 Å². The van der Waals surface area contributed by atoms with Gasteiger partial charge in [0.2, 0.25) is 0 Å². The number of nitrogen functional groups attached to an aromatic ring is 1. The van der Waals surface area contributed by atoms with Crippen LogP contribution in [0.1, 0.15) is 0 Å². The maximum atomic E-state index is 8.51. The van der Waals surface area contributed by atoms with Crippen LogP contribution in [0.3, 0.4) is 0 Å². The summed E-state index contributed by atoms with van der Waals surface area (Å²) in [7, 11) is 0. The van der Waals surface area contributed by atoms with Crippen LogP contribution in [0.25, 0.3) is 0 Å². The summed E-state index contributed by atoms with van der Waals surface area (Å²) in [5.41, 5.74) is 6.23. The summed E-state index contributed by atoms with van der Waals surface area (Å²) < 4.78 is 5.97. The Labute approximate surface area is 79.3 Å². The second kappa shape index (κ2) is 4.33. The fourth-order valence-corrected chi connectivity index (χ4v) is 1.15. The molecule has 3 nitrogen and oxygen atoms in total. The van der Waals surface area contributed by atoms with Gasteiger partial charge in [-0.3, -0.25) is 0 Å². The summed E-state index contributed by atoms with van der Waals surface area (Å²) in [6.45, 7) is 0.257. The van der Waals surface area contributed by atoms with Gasteiger partial charge in [0.25, 0.3) is 0 Å². The molecule has 66 valence electrons. The molecule has 0 unspecified atom stereocenters. The zero-order valence-corrected chi connectivity index (χ0v) is 8.04. The van der Waals surface area contributed by atoms with Gasteiger partial charge in [-0.1, -0.05) is 6.07 Å². The van der Waals surface area contributed by atoms with Crippen LogP contribution in [0.4, 0.5) is 5.69 Å². The lowest BCUT2D eigenvalue weighted by Gasteiger charge is -2.07. The molecular formula is C8H10BrNO2. The Morgan fingerprint density at radius 3 is 2.92 bits per heavy atom. The van der Waals surface area contributed by atoms with E-state index in [1.165, 1.54) is 0 Å². The standard InChI is InChI=1S/C8H10BrNO2/c9-6-2-1-3-7(8(6)10)12-5-4-11/h1-3,11H,4-5,10H2. The Morgan fingerprint density at radius 2 is 2.25 bits per heavy atom. The van der Waals surface area contributed by atoms with Gasteiger partial charge in [-0.15, -0.1) is 0 Å². The molecular weight excluding hydrogens is 222 g/mol. The molecule has 0 aromatic heterocycles. The Morgan fingerprint density at radius 1 is 1.50 bits per heavy atom. The summed E-state index contributed by atoms with van der Waals surface area (Å²) in [5, 5.41) is 8.51. The van der Waals surface area contributed by atoms with Crippen molar-refractivity contribution < 1.29 is 9.84 Å². The maximum Gasteiger partial charge on any atom is 0.143 e. The normalized spacial score (nSPS) is 9.83. The molecule has 0 saturated carbocycles. The third kappa shape index (κ3) is 2.12. The van der Waals surface area contributed by atoms with Crippen molar-refractivity contribution in [2.45, 2.75) is 0 Å². The lowest BCUT2D eigenvalue weighted by Crippen LogP contribution is -2.03. The van der Waals surface area contributed by atoms with Crippen LogP contribution >= 0.6 is 15.9 Å². The van der Waals surface area contributed by atoms with E-state index in [0.717, 1.165) is 4.47 Å². The summed E-state index contributed by atoms with van der Waals surface area (Å²) in [6, 6.07) is 5.42. The maximum absolute atomic E-state index is 8.51. The van der Waals surface area contributed by atoms with E-state index in [2.05, 4.69) is 15.9 Å². The van der Waals surface area contributed by atoms with Crippen LogP contribution < -0.4 is 10.5 Å². The number of benzene rings is 1. The largest absolute Gasteiger partial charge is 0.489 e. The molecule has 3 N–H and O–H groups in total. The van der Waals surface area contributed by atoms with Crippen LogP contribution in [0.5, 0.6) is 5.75 Å². The molecule has 0 aliphatic heterocycles. The molecule has 0 radical (unpaired) electrons. The van der Waals surface area contributed by atoms with Gasteiger partial charge in [-0.2, -0.15) is 0 Å². The van der Waals surface area contributed by atoms with E-state index in [9.17, 15) is 0 Å². The molecule has 1 aromatic rings. The highest BCUT2D eigenvalue weighted by molar-refractivity contribution is 9.10. The molecule has 0 heterocycles. The fraction of sp³-hybridized carbons (Fsp3) is 0.250. The monoisotopic (exact) mass is 231 g/mol. The summed E-state index contributed by atoms with van der Waals surface area (Å²) in [4.78, 5) is 0. The van der Waals surface area contributed by atoms with Crippen molar-refractivity contribution in [1.29, 1.82) is 0 Å². The average molecular weight is 232 g/mol. The Kier molecular flexibility index (Phi) is 3.37. The van der Waals surface area contributed by atoms with Gasteiger partial charge in [0, 0.05) is 4.47 Å². The van der Waals surface area contributed by atoms with Crippen molar-refractivity contribution >= 4 is 21.6 Å². The first-order chi connectivity index (χ1) is 5.75. The van der Waals surface area contributed by atoms with Crippen molar-refractivity contribution in [2.75, 3.05) is 18.9 Å². The van der Waals surface area contributed by atoms with Gasteiger partial charge in [-0.05, 0) is 28.1 Å². The smallest absolute Gasteiger partial charge is 0.143 e. The Hall–Kier alpha value is -0.740. The van der Waals surface area contributed by atoms with Gasteiger partial charge in [0.05, 0.1) is 12.3 Å². The van der Waals surface area contributed by atoms with Crippen LogP contribution in [0, 0.1) is 0 Å². The van der Waals surface area contributed by atoms with Gasteiger partial charge < -0.3 is 15.6 Å². The second-order valence-corrected chi connectivity index (χ2v) is 3.08. The molecule has 0 spiro atoms. The zero-order valence-electron chi connectivity index (χ0n) is 6.46. The zero-order chi connectivity index (χ0) is 8.97. The van der Waals surface area contributed by atoms with Crippen LogP contribution in [-0.2, 0) is 0 Å². The number of hydrogen-bond acceptors (Lipinski definition) is 3. The summed E-state index contributed by atoms with van der Waals surface area (Å²) >= 11 is 3.27. The van der Waals surface area contributed by atoms with Crippen molar-refractivity contribution in [2.24, 2.45) is 0 Å². The Bertz CT molecular complexity index is 265. The lowest BCUT2D eigenvalue weighted by molar-refractivity contribution is 0.202. The molecule has 0 aliphatic carbocycles. The van der Waals surface area contributed by atoms with E-state index < -0.39 is 0 Å². The lowest BCUT2D eigenvalue weighted by atomic mass is 10.3. The fourth-order valence-electron chi connectivity index (χ4n) is 0.799. The van der Waals surface area contributed by atoms with Gasteiger partial charge in [0.15, 0.2) is 0 Å². The first kappa shape index (κ1) is 9.35. The average Bonchev–Trinajstić information content (AvgIpc) is 2.08. The molecule has 0 fully saturated rings. The SMILES string of the molecule is Nc1c(Br)cccc1OCCO. The number of anilines is 1. The number of nitrogens with two attached hydrogens (primary N) is 1. The molecule has 0 bridgehead atoms. The first-order valence-electron chi connectivity index (χ1n) is 3.53. The van der Waals surface area contributed by atoms with E-state index in [4.69, 9.17) is 15.6 Å². The quantitative estimate of drug-likeness (QED) is 0.774. The number of para-hydroxylation sites is 1. The minimum Gasteiger partial charge on any atom is -0.489 e. The highest BCUT2D eigenvalue weighted by Gasteiger charge is 2.01. The van der Waals surface area contributed by atoms with E-state index in [0.29, 0.717) is 11.4 Å². The number of ether oxygens (including phenoxy) is 1. The van der Waals surface area contributed by atoms with Gasteiger partial charge in [0.1, 0.15) is 12.4 Å². The Balaban J connectivity index is 2.78. The van der Waals surface area contributed by atoms with E-state index in [1.807, 2.05) is 12.1 Å². The van der Waals surface area contributed by atoms with E-state index >= 15 is 0 Å². The number of rotatable bonds is 3. The highest BCUT2D eigenvalue weighted by Crippen LogP contribution is 2.28. The van der Waals surface area contributed by atoms with Crippen LogP contribution in [0.2, 0.25) is 0 Å². The molecule has 4 heteroatoms. The molecule has 1 aromatic carbocycles. The third-order valence-corrected chi connectivity index (χ3v) is 2.05. The third-order valence-electron chi connectivity index (χ3n) is 1.36. The van der Waals surface area contributed by atoms with Gasteiger partial charge in [-0.25, -0.2) is 0 Å². The van der Waals surface area contributed by atoms with Crippen molar-refractivity contribution in [3.05, 3.63) is 22.7 Å². The molecule has 1 rings (SSSR count). The van der Waals surface area contributed by atoms with Gasteiger partial charge >= 0.3 is 0 Å². The molecule has 0 saturated heterocycles. The molecule has 0 aliphatic rings. The summed E-state index contributed by atoms with van der Waals surface area (Å²) in [6.07, 6.45) is 0. The molecule has 0 amide bonds.